The van der Waals surface area contributed by atoms with E-state index < -0.39 is 17.5 Å². The predicted octanol–water partition coefficient (Wildman–Crippen LogP) is 2.11. The lowest BCUT2D eigenvalue weighted by atomic mass is 9.80. The van der Waals surface area contributed by atoms with Crippen LogP contribution in [0.25, 0.3) is 0 Å². The number of ether oxygens (including phenoxy) is 1. The number of hydrogen-bond acceptors (Lipinski definition) is 3. The molecule has 0 saturated carbocycles. The van der Waals surface area contributed by atoms with Gasteiger partial charge in [-0.25, -0.2) is 9.78 Å². The van der Waals surface area contributed by atoms with Gasteiger partial charge in [0.1, 0.15) is 5.15 Å². The molecular formula is C11H14ClNO3. The highest BCUT2D eigenvalue weighted by Gasteiger charge is 2.37. The highest BCUT2D eigenvalue weighted by atomic mass is 35.5. The summed E-state index contributed by atoms with van der Waals surface area (Å²) in [5, 5.41) is 9.43. The van der Waals surface area contributed by atoms with Crippen LogP contribution in [-0.2, 0) is 14.9 Å². The molecule has 0 spiro atoms. The van der Waals surface area contributed by atoms with Crippen LogP contribution in [0.5, 0.6) is 0 Å². The van der Waals surface area contributed by atoms with Gasteiger partial charge < -0.3 is 9.84 Å². The first-order valence-corrected chi connectivity index (χ1v) is 5.15. The molecule has 4 nitrogen and oxygen atoms in total. The second-order valence-corrected chi connectivity index (χ2v) is 4.43. The molecule has 0 aliphatic carbocycles. The summed E-state index contributed by atoms with van der Waals surface area (Å²) < 4.78 is 5.00. The number of hydrogen-bond donors (Lipinski definition) is 1. The fraction of sp³-hybridized carbons (Fsp3) is 0.455. The highest BCUT2D eigenvalue weighted by Crippen LogP contribution is 2.29. The molecule has 1 aromatic heterocycles. The molecule has 0 aromatic carbocycles. The van der Waals surface area contributed by atoms with Crippen LogP contribution in [0.15, 0.2) is 18.3 Å². The predicted molar refractivity (Wildman–Crippen MR) is 60.7 cm³/mol. The average Bonchev–Trinajstić information content (AvgIpc) is 2.18. The summed E-state index contributed by atoms with van der Waals surface area (Å²) in [6.45, 7) is 3.58. The summed E-state index contributed by atoms with van der Waals surface area (Å²) in [6, 6.07) is 3.39. The van der Waals surface area contributed by atoms with E-state index in [1.807, 2.05) is 0 Å². The number of rotatable bonds is 4. The van der Waals surface area contributed by atoms with E-state index in [1.54, 1.807) is 32.2 Å². The summed E-state index contributed by atoms with van der Waals surface area (Å²) in [6.07, 6.45) is 0.646. The Bertz CT molecular complexity index is 375. The molecule has 0 aliphatic rings. The Morgan fingerprint density at radius 2 is 2.19 bits per heavy atom. The van der Waals surface area contributed by atoms with Crippen molar-refractivity contribution in [2.24, 2.45) is 0 Å². The molecule has 1 heterocycles. The third-order valence-electron chi connectivity index (χ3n) is 2.59. The number of aromatic nitrogens is 1. The van der Waals surface area contributed by atoms with E-state index in [-0.39, 0.29) is 0 Å². The van der Waals surface area contributed by atoms with Gasteiger partial charge in [-0.15, -0.1) is 0 Å². The van der Waals surface area contributed by atoms with E-state index in [4.69, 9.17) is 21.4 Å². The standard InChI is InChI=1S/C11H14ClNO3/c1-11(2,9(16-3)10(14)15)7-4-5-8(12)13-6-7/h4-6,9H,1-3H3,(H,14,15). The van der Waals surface area contributed by atoms with Crippen molar-refractivity contribution in [1.82, 2.24) is 4.98 Å². The van der Waals surface area contributed by atoms with Crippen molar-refractivity contribution in [3.05, 3.63) is 29.0 Å². The summed E-state index contributed by atoms with van der Waals surface area (Å²) in [4.78, 5) is 15.0. The van der Waals surface area contributed by atoms with Crippen molar-refractivity contribution in [2.75, 3.05) is 7.11 Å². The lowest BCUT2D eigenvalue weighted by Crippen LogP contribution is -2.41. The normalized spacial score (nSPS) is 13.5. The van der Waals surface area contributed by atoms with Gasteiger partial charge in [0.25, 0.3) is 0 Å². The minimum atomic E-state index is -0.998. The molecule has 1 rings (SSSR count). The van der Waals surface area contributed by atoms with E-state index in [0.717, 1.165) is 5.56 Å². The number of carbonyl (C=O) groups is 1. The Balaban J connectivity index is 3.08. The molecule has 1 N–H and O–H groups in total. The fourth-order valence-electron chi connectivity index (χ4n) is 1.61. The first kappa shape index (κ1) is 12.9. The van der Waals surface area contributed by atoms with Crippen LogP contribution in [0.4, 0.5) is 0 Å². The van der Waals surface area contributed by atoms with Gasteiger partial charge in [0.05, 0.1) is 0 Å². The van der Waals surface area contributed by atoms with Crippen molar-refractivity contribution < 1.29 is 14.6 Å². The van der Waals surface area contributed by atoms with Crippen LogP contribution in [0, 0.1) is 0 Å². The zero-order chi connectivity index (χ0) is 12.3. The van der Waals surface area contributed by atoms with Crippen molar-refractivity contribution in [3.63, 3.8) is 0 Å². The van der Waals surface area contributed by atoms with Crippen molar-refractivity contribution >= 4 is 17.6 Å². The Morgan fingerprint density at radius 1 is 1.56 bits per heavy atom. The SMILES string of the molecule is COC(C(=O)O)C(C)(C)c1ccc(Cl)nc1. The number of pyridine rings is 1. The lowest BCUT2D eigenvalue weighted by molar-refractivity contribution is -0.152. The van der Waals surface area contributed by atoms with Gasteiger partial charge in [-0.2, -0.15) is 0 Å². The second-order valence-electron chi connectivity index (χ2n) is 4.05. The summed E-state index contributed by atoms with van der Waals surface area (Å²) in [5.41, 5.74) is 0.101. The maximum Gasteiger partial charge on any atom is 0.333 e. The molecule has 16 heavy (non-hydrogen) atoms. The van der Waals surface area contributed by atoms with Crippen molar-refractivity contribution in [2.45, 2.75) is 25.4 Å². The van der Waals surface area contributed by atoms with E-state index in [9.17, 15) is 4.79 Å². The molecule has 0 aliphatic heterocycles. The van der Waals surface area contributed by atoms with Gasteiger partial charge in [-0.3, -0.25) is 0 Å². The quantitative estimate of drug-likeness (QED) is 0.823. The topological polar surface area (TPSA) is 59.4 Å². The molecule has 5 heteroatoms. The second kappa shape index (κ2) is 4.80. The van der Waals surface area contributed by atoms with Gasteiger partial charge >= 0.3 is 5.97 Å². The third kappa shape index (κ3) is 2.51. The van der Waals surface area contributed by atoms with E-state index in [2.05, 4.69) is 4.98 Å². The van der Waals surface area contributed by atoms with E-state index >= 15 is 0 Å². The third-order valence-corrected chi connectivity index (χ3v) is 2.81. The zero-order valence-electron chi connectivity index (χ0n) is 9.40. The monoisotopic (exact) mass is 243 g/mol. The van der Waals surface area contributed by atoms with Crippen LogP contribution in [0.2, 0.25) is 5.15 Å². The molecular weight excluding hydrogens is 230 g/mol. The molecule has 1 unspecified atom stereocenters. The molecule has 0 amide bonds. The molecule has 88 valence electrons. The van der Waals surface area contributed by atoms with Gasteiger partial charge in [0.15, 0.2) is 6.10 Å². The summed E-state index contributed by atoms with van der Waals surface area (Å²) in [5.74, 6) is -0.998. The number of halogens is 1. The zero-order valence-corrected chi connectivity index (χ0v) is 10.2. The molecule has 0 bridgehead atoms. The van der Waals surface area contributed by atoms with Gasteiger partial charge in [-0.05, 0) is 11.6 Å². The maximum atomic E-state index is 11.0. The molecule has 1 aromatic rings. The van der Waals surface area contributed by atoms with Crippen LogP contribution in [-0.4, -0.2) is 29.3 Å². The molecule has 0 fully saturated rings. The molecule has 0 saturated heterocycles. The Labute approximate surface area is 99.2 Å². The van der Waals surface area contributed by atoms with Crippen LogP contribution < -0.4 is 0 Å². The van der Waals surface area contributed by atoms with Gasteiger partial charge in [-0.1, -0.05) is 31.5 Å². The number of carboxylic acids is 1. The molecule has 0 radical (unpaired) electrons. The number of aliphatic carboxylic acids is 1. The molecule has 1 atom stereocenters. The van der Waals surface area contributed by atoms with Crippen LogP contribution in [0.3, 0.4) is 0 Å². The Kier molecular flexibility index (Phi) is 3.88. The van der Waals surface area contributed by atoms with Gasteiger partial charge in [0.2, 0.25) is 0 Å². The Morgan fingerprint density at radius 3 is 2.56 bits per heavy atom. The number of nitrogens with zero attached hydrogens (tertiary/aromatic N) is 1. The van der Waals surface area contributed by atoms with Crippen LogP contribution in [0.1, 0.15) is 19.4 Å². The van der Waals surface area contributed by atoms with E-state index in [0.29, 0.717) is 5.15 Å². The minimum absolute atomic E-state index is 0.379. The first-order valence-electron chi connectivity index (χ1n) is 4.77. The first-order chi connectivity index (χ1) is 7.39. The summed E-state index contributed by atoms with van der Waals surface area (Å²) >= 11 is 5.68. The smallest absolute Gasteiger partial charge is 0.333 e. The average molecular weight is 244 g/mol. The van der Waals surface area contributed by atoms with Crippen molar-refractivity contribution in [3.8, 4) is 0 Å². The lowest BCUT2D eigenvalue weighted by Gasteiger charge is -2.30. The Hall–Kier alpha value is -1.13. The van der Waals surface area contributed by atoms with Crippen molar-refractivity contribution in [1.29, 1.82) is 0 Å². The largest absolute Gasteiger partial charge is 0.479 e. The summed E-state index contributed by atoms with van der Waals surface area (Å²) in [7, 11) is 1.38. The number of carboxylic acid groups (broad SMARTS) is 1. The minimum Gasteiger partial charge on any atom is -0.479 e. The van der Waals surface area contributed by atoms with E-state index in [1.165, 1.54) is 7.11 Å². The highest BCUT2D eigenvalue weighted by molar-refractivity contribution is 6.29. The fourth-order valence-corrected chi connectivity index (χ4v) is 1.72. The van der Waals surface area contributed by atoms with Gasteiger partial charge in [0, 0.05) is 18.7 Å². The van der Waals surface area contributed by atoms with Crippen LogP contribution >= 0.6 is 11.6 Å². The number of methoxy groups -OCH3 is 1. The maximum absolute atomic E-state index is 11.0.